The van der Waals surface area contributed by atoms with Gasteiger partial charge in [-0.2, -0.15) is 0 Å². The molecule has 0 bridgehead atoms. The van der Waals surface area contributed by atoms with E-state index in [4.69, 9.17) is 9.47 Å². The molecule has 5 aliphatic rings. The number of hydrogen-bond acceptors (Lipinski definition) is 4. The first kappa shape index (κ1) is 28.2. The highest BCUT2D eigenvalue weighted by molar-refractivity contribution is 5.67. The zero-order valence-electron chi connectivity index (χ0n) is 26.0. The van der Waals surface area contributed by atoms with Gasteiger partial charge in [-0.1, -0.05) is 67.0 Å². The van der Waals surface area contributed by atoms with Crippen LogP contribution in [-0.2, 0) is 19.1 Å². The molecule has 5 aliphatic carbocycles. The fraction of sp³-hybridized carbons (Fsp3) is 0.882. The van der Waals surface area contributed by atoms with Crippen molar-refractivity contribution in [3.05, 3.63) is 11.6 Å². The van der Waals surface area contributed by atoms with Crippen LogP contribution in [0.15, 0.2) is 11.6 Å². The predicted octanol–water partition coefficient (Wildman–Crippen LogP) is 8.28. The second kappa shape index (κ2) is 8.59. The Bertz CT molecular complexity index is 1040. The Labute approximate surface area is 232 Å². The van der Waals surface area contributed by atoms with E-state index in [1.54, 1.807) is 12.5 Å². The highest BCUT2D eigenvalue weighted by atomic mass is 16.6. The molecule has 9 unspecified atom stereocenters. The molecular weight excluding hydrogens is 472 g/mol. The van der Waals surface area contributed by atoms with Gasteiger partial charge in [-0.15, -0.1) is 0 Å². The van der Waals surface area contributed by atoms with Gasteiger partial charge in [-0.25, -0.2) is 0 Å². The van der Waals surface area contributed by atoms with Gasteiger partial charge in [0.25, 0.3) is 0 Å². The van der Waals surface area contributed by atoms with Gasteiger partial charge in [0.05, 0.1) is 0 Å². The lowest BCUT2D eigenvalue weighted by Gasteiger charge is -2.73. The third-order valence-corrected chi connectivity index (χ3v) is 13.6. The van der Waals surface area contributed by atoms with Crippen LogP contribution < -0.4 is 0 Å². The number of ether oxygens (including phenoxy) is 2. The molecule has 0 aliphatic heterocycles. The Morgan fingerprint density at radius 1 is 0.711 bits per heavy atom. The average Bonchev–Trinajstić information content (AvgIpc) is 2.78. The molecule has 9 atom stereocenters. The van der Waals surface area contributed by atoms with Gasteiger partial charge in [0.1, 0.15) is 12.2 Å². The zero-order valence-corrected chi connectivity index (χ0v) is 26.0. The SMILES string of the molecule is CC(=O)OC1CC(OC(C)=O)C2(C)C(CCC3(C)C2CCC2C4=CC(C)(C)CCC4(C)CCC23C)C1(C)C. The minimum atomic E-state index is -0.240. The molecule has 4 heteroatoms. The van der Waals surface area contributed by atoms with Gasteiger partial charge < -0.3 is 9.47 Å². The molecule has 0 aromatic rings. The van der Waals surface area contributed by atoms with Crippen LogP contribution in [0.2, 0.25) is 0 Å². The second-order valence-corrected chi connectivity index (χ2v) is 16.4. The first-order valence-electron chi connectivity index (χ1n) is 15.5. The molecule has 4 nitrogen and oxygen atoms in total. The number of fused-ring (bicyclic) bond motifs is 7. The molecule has 214 valence electrons. The average molecular weight is 527 g/mol. The van der Waals surface area contributed by atoms with Gasteiger partial charge >= 0.3 is 11.9 Å². The molecule has 0 N–H and O–H groups in total. The Morgan fingerprint density at radius 2 is 1.32 bits per heavy atom. The monoisotopic (exact) mass is 526 g/mol. The lowest BCUT2D eigenvalue weighted by atomic mass is 9.32. The standard InChI is InChI=1S/C34H54O4/c1-21(35)37-27-19-28(38-22(2)36)34(10)25(30(27,5)6)13-14-33(9)26(34)12-11-23-24-20-29(3,4)15-16-31(24,7)17-18-32(23,33)8/h20,23,25-28H,11-19H2,1-10H3. The number of allylic oxidation sites excluding steroid dienone is 2. The zero-order chi connectivity index (χ0) is 28.1. The minimum absolute atomic E-state index is 0.145. The van der Waals surface area contributed by atoms with Gasteiger partial charge in [0.15, 0.2) is 0 Å². The molecule has 0 heterocycles. The van der Waals surface area contributed by atoms with Crippen LogP contribution in [0.3, 0.4) is 0 Å². The fourth-order valence-corrected chi connectivity index (χ4v) is 11.3. The summed E-state index contributed by atoms with van der Waals surface area (Å²) in [6.07, 6.45) is 12.7. The van der Waals surface area contributed by atoms with E-state index in [2.05, 4.69) is 61.5 Å². The Morgan fingerprint density at radius 3 is 1.95 bits per heavy atom. The van der Waals surface area contributed by atoms with E-state index in [0.717, 1.165) is 6.42 Å². The van der Waals surface area contributed by atoms with E-state index in [9.17, 15) is 9.59 Å². The van der Waals surface area contributed by atoms with E-state index in [1.807, 2.05) is 0 Å². The second-order valence-electron chi connectivity index (χ2n) is 16.4. The van der Waals surface area contributed by atoms with Crippen molar-refractivity contribution >= 4 is 11.9 Å². The molecule has 4 fully saturated rings. The van der Waals surface area contributed by atoms with Crippen molar-refractivity contribution in [2.45, 2.75) is 139 Å². The summed E-state index contributed by atoms with van der Waals surface area (Å²) in [4.78, 5) is 24.6. The van der Waals surface area contributed by atoms with Crippen LogP contribution in [-0.4, -0.2) is 24.1 Å². The highest BCUT2D eigenvalue weighted by Gasteiger charge is 2.71. The van der Waals surface area contributed by atoms with E-state index < -0.39 is 0 Å². The number of carbonyl (C=O) groups excluding carboxylic acids is 2. The number of hydrogen-bond donors (Lipinski definition) is 0. The third kappa shape index (κ3) is 3.80. The molecule has 0 radical (unpaired) electrons. The summed E-state index contributed by atoms with van der Waals surface area (Å²) >= 11 is 0. The molecule has 0 aromatic heterocycles. The number of esters is 2. The Hall–Kier alpha value is -1.32. The van der Waals surface area contributed by atoms with Gasteiger partial charge in [0, 0.05) is 31.1 Å². The molecule has 5 rings (SSSR count). The van der Waals surface area contributed by atoms with Crippen LogP contribution in [0.1, 0.15) is 127 Å². The maximum atomic E-state index is 12.5. The van der Waals surface area contributed by atoms with Crippen molar-refractivity contribution < 1.29 is 19.1 Å². The predicted molar refractivity (Wildman–Crippen MR) is 151 cm³/mol. The smallest absolute Gasteiger partial charge is 0.302 e. The van der Waals surface area contributed by atoms with Gasteiger partial charge in [-0.3, -0.25) is 9.59 Å². The normalized spacial score (nSPS) is 48.8. The summed E-state index contributed by atoms with van der Waals surface area (Å²) in [5.74, 6) is 0.984. The molecular formula is C34H54O4. The fourth-order valence-electron chi connectivity index (χ4n) is 11.3. The summed E-state index contributed by atoms with van der Waals surface area (Å²) in [5, 5.41) is 0. The van der Waals surface area contributed by atoms with Crippen LogP contribution in [0.25, 0.3) is 0 Å². The highest BCUT2D eigenvalue weighted by Crippen LogP contribution is 2.76. The maximum Gasteiger partial charge on any atom is 0.302 e. The van der Waals surface area contributed by atoms with E-state index >= 15 is 0 Å². The summed E-state index contributed by atoms with van der Waals surface area (Å²) < 4.78 is 12.2. The van der Waals surface area contributed by atoms with Crippen molar-refractivity contribution in [1.82, 2.24) is 0 Å². The van der Waals surface area contributed by atoms with Crippen molar-refractivity contribution in [2.24, 2.45) is 50.2 Å². The molecule has 0 saturated heterocycles. The topological polar surface area (TPSA) is 52.6 Å². The maximum absolute atomic E-state index is 12.5. The van der Waals surface area contributed by atoms with E-state index in [-0.39, 0.29) is 51.2 Å². The molecule has 0 aromatic carbocycles. The van der Waals surface area contributed by atoms with E-state index in [1.165, 1.54) is 51.9 Å². The van der Waals surface area contributed by atoms with Crippen molar-refractivity contribution in [3.63, 3.8) is 0 Å². The summed E-state index contributed by atoms with van der Waals surface area (Å²) in [6.45, 7) is 22.7. The molecule has 38 heavy (non-hydrogen) atoms. The first-order chi connectivity index (χ1) is 17.4. The first-order valence-corrected chi connectivity index (χ1v) is 15.5. The Kier molecular flexibility index (Phi) is 6.38. The Balaban J connectivity index is 1.58. The van der Waals surface area contributed by atoms with E-state index in [0.29, 0.717) is 29.6 Å². The molecule has 0 amide bonds. The van der Waals surface area contributed by atoms with Crippen molar-refractivity contribution in [2.75, 3.05) is 0 Å². The van der Waals surface area contributed by atoms with Gasteiger partial charge in [-0.05, 0) is 90.8 Å². The largest absolute Gasteiger partial charge is 0.462 e. The number of carbonyl (C=O) groups is 2. The third-order valence-electron chi connectivity index (χ3n) is 13.6. The molecule has 4 saturated carbocycles. The summed E-state index contributed by atoms with van der Waals surface area (Å²) in [5.41, 5.74) is 2.51. The van der Waals surface area contributed by atoms with Crippen molar-refractivity contribution in [3.8, 4) is 0 Å². The number of rotatable bonds is 2. The summed E-state index contributed by atoms with van der Waals surface area (Å²) in [6, 6.07) is 0. The van der Waals surface area contributed by atoms with Crippen LogP contribution in [0.4, 0.5) is 0 Å². The van der Waals surface area contributed by atoms with Crippen molar-refractivity contribution in [1.29, 1.82) is 0 Å². The lowest BCUT2D eigenvalue weighted by molar-refractivity contribution is -0.268. The van der Waals surface area contributed by atoms with Crippen LogP contribution in [0, 0.1) is 50.2 Å². The quantitative estimate of drug-likeness (QED) is 0.268. The van der Waals surface area contributed by atoms with Crippen LogP contribution in [0.5, 0.6) is 0 Å². The van der Waals surface area contributed by atoms with Gasteiger partial charge in [0.2, 0.25) is 0 Å². The lowest BCUT2D eigenvalue weighted by Crippen LogP contribution is -2.69. The minimum Gasteiger partial charge on any atom is -0.462 e. The van der Waals surface area contributed by atoms with Crippen LogP contribution >= 0.6 is 0 Å². The summed E-state index contributed by atoms with van der Waals surface area (Å²) in [7, 11) is 0. The molecule has 0 spiro atoms.